The highest BCUT2D eigenvalue weighted by atomic mass is 32.2. The Morgan fingerprint density at radius 2 is 2.03 bits per heavy atom. The Morgan fingerprint density at radius 3 is 2.81 bits per heavy atom. The molecule has 0 spiro atoms. The minimum absolute atomic E-state index is 0.0881. The molecule has 1 aliphatic heterocycles. The normalized spacial score (nSPS) is 13.9. The van der Waals surface area contributed by atoms with Gasteiger partial charge in [0.2, 0.25) is 10.0 Å². The fourth-order valence-corrected chi connectivity index (χ4v) is 6.72. The minimum Gasteiger partial charge on any atom is -0.298 e. The lowest BCUT2D eigenvalue weighted by Gasteiger charge is -2.28. The van der Waals surface area contributed by atoms with Gasteiger partial charge in [-0.2, -0.15) is 9.57 Å². The third-order valence-electron chi connectivity index (χ3n) is 5.07. The summed E-state index contributed by atoms with van der Waals surface area (Å²) in [5.41, 5.74) is 3.15. The van der Waals surface area contributed by atoms with Crippen LogP contribution >= 0.6 is 23.1 Å². The number of aromatic nitrogens is 1. The van der Waals surface area contributed by atoms with Gasteiger partial charge in [0.1, 0.15) is 0 Å². The van der Waals surface area contributed by atoms with E-state index in [1.807, 2.05) is 31.2 Å². The molecule has 1 N–H and O–H groups in total. The first kappa shape index (κ1) is 22.5. The smallest absolute Gasteiger partial charge is 0.257 e. The SMILES string of the molecule is Cc1nc(NC(=O)c2cccc(S(=O)(=O)N3CCc4ccccc4C3)c2)sc1SCC#N. The quantitative estimate of drug-likeness (QED) is 0.529. The summed E-state index contributed by atoms with van der Waals surface area (Å²) in [6.07, 6.45) is 0.658. The number of nitrogens with zero attached hydrogens (tertiary/aromatic N) is 3. The molecule has 1 aromatic heterocycles. The van der Waals surface area contributed by atoms with Crippen molar-refractivity contribution in [3.05, 3.63) is 70.9 Å². The van der Waals surface area contributed by atoms with E-state index in [1.165, 1.54) is 39.5 Å². The number of fused-ring (bicyclic) bond motifs is 1. The van der Waals surface area contributed by atoms with Gasteiger partial charge in [-0.25, -0.2) is 13.4 Å². The molecule has 2 heterocycles. The third-order valence-corrected chi connectivity index (χ3v) is 9.22. The summed E-state index contributed by atoms with van der Waals surface area (Å²) in [6.45, 7) is 2.53. The van der Waals surface area contributed by atoms with Gasteiger partial charge < -0.3 is 0 Å². The predicted molar refractivity (Wildman–Crippen MR) is 125 cm³/mol. The number of carbonyl (C=O) groups is 1. The van der Waals surface area contributed by atoms with Crippen LogP contribution in [0, 0.1) is 18.3 Å². The fourth-order valence-electron chi connectivity index (χ4n) is 3.46. The lowest BCUT2D eigenvalue weighted by Crippen LogP contribution is -2.36. The second-order valence-electron chi connectivity index (χ2n) is 7.18. The number of nitrogens with one attached hydrogen (secondary N) is 1. The molecule has 4 rings (SSSR count). The first-order valence-corrected chi connectivity index (χ1v) is 13.1. The molecule has 7 nitrogen and oxygen atoms in total. The number of rotatable bonds is 6. The van der Waals surface area contributed by atoms with Gasteiger partial charge in [0.15, 0.2) is 5.13 Å². The van der Waals surface area contributed by atoms with Crippen LogP contribution in [-0.2, 0) is 23.0 Å². The van der Waals surface area contributed by atoms with E-state index < -0.39 is 15.9 Å². The zero-order valence-electron chi connectivity index (χ0n) is 17.2. The molecule has 0 fully saturated rings. The van der Waals surface area contributed by atoms with Crippen LogP contribution in [-0.4, -0.2) is 35.9 Å². The largest absolute Gasteiger partial charge is 0.298 e. The molecule has 0 bridgehead atoms. The molecule has 32 heavy (non-hydrogen) atoms. The first-order chi connectivity index (χ1) is 15.4. The molecule has 2 aromatic carbocycles. The second-order valence-corrected chi connectivity index (χ2v) is 11.4. The van der Waals surface area contributed by atoms with Crippen molar-refractivity contribution in [2.75, 3.05) is 17.6 Å². The first-order valence-electron chi connectivity index (χ1n) is 9.84. The van der Waals surface area contributed by atoms with Crippen LogP contribution in [0.2, 0.25) is 0 Å². The van der Waals surface area contributed by atoms with Crippen LogP contribution in [0.1, 0.15) is 27.2 Å². The lowest BCUT2D eigenvalue weighted by atomic mass is 10.0. The molecule has 10 heteroatoms. The number of thioether (sulfide) groups is 1. The summed E-state index contributed by atoms with van der Waals surface area (Å²) in [6, 6.07) is 16.0. The topological polar surface area (TPSA) is 103 Å². The number of aryl methyl sites for hydroxylation is 1. The van der Waals surface area contributed by atoms with E-state index in [0.29, 0.717) is 30.4 Å². The van der Waals surface area contributed by atoms with E-state index in [2.05, 4.69) is 16.4 Å². The Labute approximate surface area is 195 Å². The molecule has 0 unspecified atom stereocenters. The Bertz CT molecular complexity index is 1310. The van der Waals surface area contributed by atoms with Crippen LogP contribution < -0.4 is 5.32 Å². The number of amides is 1. The van der Waals surface area contributed by atoms with Crippen LogP contribution in [0.4, 0.5) is 5.13 Å². The zero-order valence-corrected chi connectivity index (χ0v) is 19.7. The van der Waals surface area contributed by atoms with Gasteiger partial charge in [0.05, 0.1) is 26.6 Å². The van der Waals surface area contributed by atoms with Gasteiger partial charge in [-0.05, 0) is 42.7 Å². The molecule has 0 aliphatic carbocycles. The number of sulfonamides is 1. The van der Waals surface area contributed by atoms with Crippen LogP contribution in [0.25, 0.3) is 0 Å². The van der Waals surface area contributed by atoms with Gasteiger partial charge >= 0.3 is 0 Å². The molecule has 0 saturated heterocycles. The average Bonchev–Trinajstić information content (AvgIpc) is 3.15. The summed E-state index contributed by atoms with van der Waals surface area (Å²) in [5.74, 6) is -0.131. The monoisotopic (exact) mass is 484 g/mol. The fraction of sp³-hybridized carbons (Fsp3) is 0.227. The van der Waals surface area contributed by atoms with Crippen molar-refractivity contribution in [3.8, 4) is 6.07 Å². The van der Waals surface area contributed by atoms with Crippen LogP contribution in [0.3, 0.4) is 0 Å². The Balaban J connectivity index is 1.52. The van der Waals surface area contributed by atoms with E-state index in [1.54, 1.807) is 12.1 Å². The maximum atomic E-state index is 13.2. The molecule has 1 amide bonds. The van der Waals surface area contributed by atoms with Crippen molar-refractivity contribution in [2.45, 2.75) is 29.0 Å². The summed E-state index contributed by atoms with van der Waals surface area (Å²) in [7, 11) is -3.74. The highest BCUT2D eigenvalue weighted by Gasteiger charge is 2.28. The molecule has 0 saturated carbocycles. The van der Waals surface area contributed by atoms with E-state index in [-0.39, 0.29) is 10.5 Å². The highest BCUT2D eigenvalue weighted by molar-refractivity contribution is 8.01. The van der Waals surface area contributed by atoms with Crippen molar-refractivity contribution in [2.24, 2.45) is 0 Å². The summed E-state index contributed by atoms with van der Waals surface area (Å²) in [4.78, 5) is 17.2. The number of thiazole rings is 1. The Hall–Kier alpha value is -2.71. The van der Waals surface area contributed by atoms with E-state index in [9.17, 15) is 13.2 Å². The molecule has 0 radical (unpaired) electrons. The molecular formula is C22H20N4O3S3. The average molecular weight is 485 g/mol. The lowest BCUT2D eigenvalue weighted by molar-refractivity contribution is 0.102. The third kappa shape index (κ3) is 4.71. The molecule has 164 valence electrons. The number of anilines is 1. The number of carbonyl (C=O) groups excluding carboxylic acids is 1. The van der Waals surface area contributed by atoms with E-state index in [4.69, 9.17) is 5.26 Å². The number of hydrogen-bond donors (Lipinski definition) is 1. The van der Waals surface area contributed by atoms with E-state index >= 15 is 0 Å². The summed E-state index contributed by atoms with van der Waals surface area (Å²) >= 11 is 2.66. The number of hydrogen-bond acceptors (Lipinski definition) is 7. The standard InChI is InChI=1S/C22H20N4O3S3/c1-15-21(30-12-10-23)31-22(24-15)25-20(27)17-7-4-8-19(13-17)32(28,29)26-11-9-16-5-2-3-6-18(16)14-26/h2-8,13H,9,11-12,14H2,1H3,(H,24,25,27). The predicted octanol–water partition coefficient (Wildman–Crippen LogP) is 4.07. The summed E-state index contributed by atoms with van der Waals surface area (Å²) in [5, 5.41) is 11.9. The van der Waals surface area contributed by atoms with Crippen molar-refractivity contribution >= 4 is 44.2 Å². The van der Waals surface area contributed by atoms with Crippen LogP contribution in [0.5, 0.6) is 0 Å². The van der Waals surface area contributed by atoms with Crippen molar-refractivity contribution < 1.29 is 13.2 Å². The Morgan fingerprint density at radius 1 is 1.25 bits per heavy atom. The van der Waals surface area contributed by atoms with Gasteiger partial charge in [0, 0.05) is 18.7 Å². The van der Waals surface area contributed by atoms with Gasteiger partial charge in [-0.1, -0.05) is 53.4 Å². The maximum Gasteiger partial charge on any atom is 0.257 e. The minimum atomic E-state index is -3.74. The number of nitriles is 1. The Kier molecular flexibility index (Phi) is 6.62. The number of benzene rings is 2. The molecule has 3 aromatic rings. The molecular weight excluding hydrogens is 464 g/mol. The second kappa shape index (κ2) is 9.42. The summed E-state index contributed by atoms with van der Waals surface area (Å²) < 4.78 is 28.8. The highest BCUT2D eigenvalue weighted by Crippen LogP contribution is 2.32. The van der Waals surface area contributed by atoms with Gasteiger partial charge in [-0.15, -0.1) is 0 Å². The van der Waals surface area contributed by atoms with Gasteiger partial charge in [-0.3, -0.25) is 10.1 Å². The molecule has 1 aliphatic rings. The van der Waals surface area contributed by atoms with Crippen molar-refractivity contribution in [1.82, 2.24) is 9.29 Å². The molecule has 0 atom stereocenters. The van der Waals surface area contributed by atoms with Crippen molar-refractivity contribution in [3.63, 3.8) is 0 Å². The van der Waals surface area contributed by atoms with Crippen molar-refractivity contribution in [1.29, 1.82) is 5.26 Å². The van der Waals surface area contributed by atoms with E-state index in [0.717, 1.165) is 21.0 Å². The van der Waals surface area contributed by atoms with Gasteiger partial charge in [0.25, 0.3) is 5.91 Å². The van der Waals surface area contributed by atoms with Crippen LogP contribution in [0.15, 0.2) is 57.6 Å². The zero-order chi connectivity index (χ0) is 22.7. The maximum absolute atomic E-state index is 13.2.